The van der Waals surface area contributed by atoms with E-state index in [0.717, 1.165) is 37.4 Å². The molecule has 2 aliphatic rings. The van der Waals surface area contributed by atoms with E-state index in [4.69, 9.17) is 9.47 Å². The first-order valence-corrected chi connectivity index (χ1v) is 5.83. The maximum Gasteiger partial charge on any atom is 0.125 e. The standard InChI is InChI=1S/C13H16O3/c14-11-9-13(5-7-15-8-6-13)16-12-4-2-1-3-10(11)12/h1-4,11,14H,5-9H2/t11-/m1/s1. The highest BCUT2D eigenvalue weighted by molar-refractivity contribution is 5.38. The highest BCUT2D eigenvalue weighted by atomic mass is 16.5. The topological polar surface area (TPSA) is 38.7 Å². The Morgan fingerprint density at radius 1 is 1.19 bits per heavy atom. The van der Waals surface area contributed by atoms with E-state index in [2.05, 4.69) is 0 Å². The van der Waals surface area contributed by atoms with Crippen LogP contribution in [0.5, 0.6) is 5.75 Å². The Morgan fingerprint density at radius 3 is 2.75 bits per heavy atom. The Bertz CT molecular complexity index is 383. The molecule has 2 aliphatic heterocycles. The van der Waals surface area contributed by atoms with Gasteiger partial charge in [0.15, 0.2) is 0 Å². The molecule has 1 atom stereocenters. The number of aliphatic hydroxyl groups excluding tert-OH is 1. The average molecular weight is 220 g/mol. The minimum atomic E-state index is -0.400. The zero-order valence-corrected chi connectivity index (χ0v) is 9.19. The van der Waals surface area contributed by atoms with Crippen molar-refractivity contribution in [3.05, 3.63) is 29.8 Å². The van der Waals surface area contributed by atoms with Gasteiger partial charge in [-0.2, -0.15) is 0 Å². The fourth-order valence-corrected chi connectivity index (χ4v) is 2.64. The third kappa shape index (κ3) is 1.60. The Morgan fingerprint density at radius 2 is 1.94 bits per heavy atom. The molecule has 0 unspecified atom stereocenters. The highest BCUT2D eigenvalue weighted by Gasteiger charge is 2.41. The van der Waals surface area contributed by atoms with Crippen LogP contribution in [0.4, 0.5) is 0 Å². The molecule has 0 radical (unpaired) electrons. The zero-order valence-electron chi connectivity index (χ0n) is 9.19. The molecule has 0 aromatic heterocycles. The van der Waals surface area contributed by atoms with Crippen molar-refractivity contribution in [2.24, 2.45) is 0 Å². The van der Waals surface area contributed by atoms with Crippen molar-refractivity contribution in [3.8, 4) is 5.75 Å². The molecule has 86 valence electrons. The summed E-state index contributed by atoms with van der Waals surface area (Å²) < 4.78 is 11.4. The normalized spacial score (nSPS) is 27.2. The first-order valence-electron chi connectivity index (χ1n) is 5.83. The number of ether oxygens (including phenoxy) is 2. The molecule has 1 saturated heterocycles. The lowest BCUT2D eigenvalue weighted by atomic mass is 9.83. The molecule has 3 nitrogen and oxygen atoms in total. The lowest BCUT2D eigenvalue weighted by molar-refractivity contribution is -0.0839. The van der Waals surface area contributed by atoms with Crippen molar-refractivity contribution < 1.29 is 14.6 Å². The van der Waals surface area contributed by atoms with Gasteiger partial charge in [-0.25, -0.2) is 0 Å². The lowest BCUT2D eigenvalue weighted by Crippen LogP contribution is -2.45. The molecule has 1 N–H and O–H groups in total. The molecule has 1 aromatic carbocycles. The van der Waals surface area contributed by atoms with E-state index in [9.17, 15) is 5.11 Å². The first kappa shape index (κ1) is 10.1. The van der Waals surface area contributed by atoms with Gasteiger partial charge in [0.2, 0.25) is 0 Å². The monoisotopic (exact) mass is 220 g/mol. The van der Waals surface area contributed by atoms with Gasteiger partial charge in [-0.05, 0) is 6.07 Å². The van der Waals surface area contributed by atoms with Gasteiger partial charge in [0, 0.05) is 24.8 Å². The van der Waals surface area contributed by atoms with E-state index in [1.165, 1.54) is 0 Å². The summed E-state index contributed by atoms with van der Waals surface area (Å²) in [6.07, 6.45) is 2.03. The van der Waals surface area contributed by atoms with Gasteiger partial charge in [-0.1, -0.05) is 18.2 Å². The molecule has 16 heavy (non-hydrogen) atoms. The lowest BCUT2D eigenvalue weighted by Gasteiger charge is -2.43. The van der Waals surface area contributed by atoms with Crippen LogP contribution in [0.15, 0.2) is 24.3 Å². The molecule has 1 spiro atoms. The zero-order chi connectivity index (χ0) is 11.0. The molecule has 3 heteroatoms. The number of para-hydroxylation sites is 1. The number of aliphatic hydroxyl groups is 1. The van der Waals surface area contributed by atoms with E-state index in [-0.39, 0.29) is 5.60 Å². The number of hydrogen-bond donors (Lipinski definition) is 1. The summed E-state index contributed by atoms with van der Waals surface area (Å²) in [5, 5.41) is 10.2. The van der Waals surface area contributed by atoms with Crippen molar-refractivity contribution in [1.82, 2.24) is 0 Å². The highest BCUT2D eigenvalue weighted by Crippen LogP contribution is 2.43. The molecule has 1 aromatic rings. The van der Waals surface area contributed by atoms with E-state index < -0.39 is 6.10 Å². The Labute approximate surface area is 95.0 Å². The summed E-state index contributed by atoms with van der Waals surface area (Å²) >= 11 is 0. The number of benzene rings is 1. The third-order valence-electron chi connectivity index (χ3n) is 3.57. The van der Waals surface area contributed by atoms with E-state index in [1.807, 2.05) is 24.3 Å². The van der Waals surface area contributed by atoms with Gasteiger partial charge in [-0.3, -0.25) is 0 Å². The molecule has 0 aliphatic carbocycles. The van der Waals surface area contributed by atoms with Crippen molar-refractivity contribution in [3.63, 3.8) is 0 Å². The molecular formula is C13H16O3. The van der Waals surface area contributed by atoms with E-state index in [0.29, 0.717) is 6.42 Å². The maximum absolute atomic E-state index is 10.2. The van der Waals surface area contributed by atoms with Crippen LogP contribution in [0.1, 0.15) is 30.9 Å². The number of hydrogen-bond acceptors (Lipinski definition) is 3. The Balaban J connectivity index is 1.93. The minimum Gasteiger partial charge on any atom is -0.487 e. The third-order valence-corrected chi connectivity index (χ3v) is 3.57. The van der Waals surface area contributed by atoms with Crippen molar-refractivity contribution in [2.45, 2.75) is 31.0 Å². The summed E-state index contributed by atoms with van der Waals surface area (Å²) in [6, 6.07) is 7.76. The summed E-state index contributed by atoms with van der Waals surface area (Å²) in [4.78, 5) is 0. The smallest absolute Gasteiger partial charge is 0.125 e. The second-order valence-corrected chi connectivity index (χ2v) is 4.66. The van der Waals surface area contributed by atoms with Crippen molar-refractivity contribution in [2.75, 3.05) is 13.2 Å². The fourth-order valence-electron chi connectivity index (χ4n) is 2.64. The van der Waals surface area contributed by atoms with Crippen LogP contribution in [0.25, 0.3) is 0 Å². The van der Waals surface area contributed by atoms with Gasteiger partial charge >= 0.3 is 0 Å². The van der Waals surface area contributed by atoms with Crippen LogP contribution in [-0.4, -0.2) is 23.9 Å². The molecule has 0 bridgehead atoms. The van der Waals surface area contributed by atoms with Gasteiger partial charge in [0.25, 0.3) is 0 Å². The quantitative estimate of drug-likeness (QED) is 0.727. The first-order chi connectivity index (χ1) is 7.79. The summed E-state index contributed by atoms with van der Waals surface area (Å²) in [7, 11) is 0. The fraction of sp³-hybridized carbons (Fsp3) is 0.538. The van der Waals surface area contributed by atoms with E-state index >= 15 is 0 Å². The average Bonchev–Trinajstić information content (AvgIpc) is 2.30. The largest absolute Gasteiger partial charge is 0.487 e. The summed E-state index contributed by atoms with van der Waals surface area (Å²) in [6.45, 7) is 1.46. The van der Waals surface area contributed by atoms with Crippen LogP contribution >= 0.6 is 0 Å². The van der Waals surface area contributed by atoms with Gasteiger partial charge in [0.05, 0.1) is 19.3 Å². The van der Waals surface area contributed by atoms with Gasteiger partial charge in [-0.15, -0.1) is 0 Å². The molecule has 0 amide bonds. The number of rotatable bonds is 0. The summed E-state index contributed by atoms with van der Waals surface area (Å²) in [5.41, 5.74) is 0.714. The second kappa shape index (κ2) is 3.75. The molecule has 3 rings (SSSR count). The molecule has 2 heterocycles. The predicted molar refractivity (Wildman–Crippen MR) is 59.4 cm³/mol. The van der Waals surface area contributed by atoms with Crippen molar-refractivity contribution >= 4 is 0 Å². The summed E-state index contributed by atoms with van der Waals surface area (Å²) in [5.74, 6) is 0.836. The van der Waals surface area contributed by atoms with Gasteiger partial charge < -0.3 is 14.6 Å². The molecule has 0 saturated carbocycles. The predicted octanol–water partition coefficient (Wildman–Crippen LogP) is 2.05. The van der Waals surface area contributed by atoms with Crippen LogP contribution in [-0.2, 0) is 4.74 Å². The van der Waals surface area contributed by atoms with Gasteiger partial charge in [0.1, 0.15) is 11.4 Å². The van der Waals surface area contributed by atoms with Crippen LogP contribution in [0, 0.1) is 0 Å². The Hall–Kier alpha value is -1.06. The SMILES string of the molecule is O[C@@H]1CC2(CCOCC2)Oc2ccccc21. The number of fused-ring (bicyclic) bond motifs is 1. The van der Waals surface area contributed by atoms with Crippen LogP contribution in [0.2, 0.25) is 0 Å². The van der Waals surface area contributed by atoms with Crippen LogP contribution < -0.4 is 4.74 Å². The minimum absolute atomic E-state index is 0.202. The molecule has 1 fully saturated rings. The van der Waals surface area contributed by atoms with E-state index in [1.54, 1.807) is 0 Å². The Kier molecular flexibility index (Phi) is 2.37. The van der Waals surface area contributed by atoms with Crippen molar-refractivity contribution in [1.29, 1.82) is 0 Å². The maximum atomic E-state index is 10.2. The van der Waals surface area contributed by atoms with Crippen LogP contribution in [0.3, 0.4) is 0 Å². The second-order valence-electron chi connectivity index (χ2n) is 4.66. The molecular weight excluding hydrogens is 204 g/mol.